The van der Waals surface area contributed by atoms with E-state index in [1.807, 2.05) is 23.5 Å². The van der Waals surface area contributed by atoms with Crippen molar-refractivity contribution in [3.05, 3.63) is 35.9 Å². The van der Waals surface area contributed by atoms with Crippen molar-refractivity contribution in [1.29, 1.82) is 0 Å². The highest BCUT2D eigenvalue weighted by Crippen LogP contribution is 2.36. The van der Waals surface area contributed by atoms with Crippen LogP contribution in [0.25, 0.3) is 0 Å². The molecule has 19 heavy (non-hydrogen) atoms. The number of nitrogens with zero attached hydrogens (tertiary/aromatic N) is 1. The molecule has 4 heteroatoms. The third-order valence-corrected chi connectivity index (χ3v) is 6.24. The van der Waals surface area contributed by atoms with Crippen LogP contribution in [0.3, 0.4) is 0 Å². The van der Waals surface area contributed by atoms with E-state index in [0.717, 1.165) is 17.0 Å². The molecular weight excluding hydrogens is 272 g/mol. The highest BCUT2D eigenvalue weighted by atomic mass is 32.2. The molecule has 1 saturated carbocycles. The first-order valence-corrected chi connectivity index (χ1v) is 9.09. The van der Waals surface area contributed by atoms with Crippen molar-refractivity contribution in [3.63, 3.8) is 0 Å². The monoisotopic (exact) mass is 292 g/mol. The molecule has 1 aliphatic heterocycles. The lowest BCUT2D eigenvalue weighted by Gasteiger charge is -2.20. The molecule has 0 bridgehead atoms. The molecule has 1 aromatic rings. The number of amidine groups is 1. The number of hydrogen-bond acceptors (Lipinski definition) is 4. The van der Waals surface area contributed by atoms with Crippen LogP contribution in [0.15, 0.2) is 35.3 Å². The van der Waals surface area contributed by atoms with Gasteiger partial charge in [0.05, 0.1) is 11.8 Å². The van der Waals surface area contributed by atoms with Gasteiger partial charge in [-0.2, -0.15) is 11.8 Å². The molecule has 1 fully saturated rings. The molecule has 0 radical (unpaired) electrons. The van der Waals surface area contributed by atoms with Gasteiger partial charge in [0.1, 0.15) is 0 Å². The van der Waals surface area contributed by atoms with Crippen LogP contribution >= 0.6 is 23.5 Å². The Balaban J connectivity index is 1.57. The van der Waals surface area contributed by atoms with E-state index in [9.17, 15) is 0 Å². The van der Waals surface area contributed by atoms with Gasteiger partial charge in [-0.3, -0.25) is 4.99 Å². The van der Waals surface area contributed by atoms with Crippen molar-refractivity contribution >= 4 is 28.7 Å². The molecule has 1 aromatic carbocycles. The Bertz CT molecular complexity index is 447. The normalized spacial score (nSPS) is 30.4. The fourth-order valence-electron chi connectivity index (χ4n) is 2.83. The summed E-state index contributed by atoms with van der Waals surface area (Å²) in [5.74, 6) is 0. The number of rotatable bonds is 3. The van der Waals surface area contributed by atoms with E-state index in [2.05, 4.69) is 46.9 Å². The fourth-order valence-corrected chi connectivity index (χ4v) is 4.84. The summed E-state index contributed by atoms with van der Waals surface area (Å²) in [6.07, 6.45) is 6.21. The lowest BCUT2D eigenvalue weighted by molar-refractivity contribution is 0.646. The SMILES string of the molecule is CSC1CCCC1NC1=NCC(c2ccccc2)S1. The summed E-state index contributed by atoms with van der Waals surface area (Å²) in [4.78, 5) is 4.68. The summed E-state index contributed by atoms with van der Waals surface area (Å²) in [6.45, 7) is 0.910. The van der Waals surface area contributed by atoms with E-state index in [1.54, 1.807) is 0 Å². The molecule has 1 heterocycles. The molecule has 2 aliphatic rings. The predicted molar refractivity (Wildman–Crippen MR) is 87.2 cm³/mol. The topological polar surface area (TPSA) is 24.4 Å². The maximum absolute atomic E-state index is 4.68. The fraction of sp³-hybridized carbons (Fsp3) is 0.533. The minimum absolute atomic E-state index is 0.498. The second kappa shape index (κ2) is 6.23. The minimum atomic E-state index is 0.498. The molecule has 1 aliphatic carbocycles. The van der Waals surface area contributed by atoms with Crippen LogP contribution in [0.2, 0.25) is 0 Å². The standard InChI is InChI=1S/C15H20N2S2/c1-18-13-9-5-8-12(13)17-15-16-10-14(19-15)11-6-3-2-4-7-11/h2-4,6-7,12-14H,5,8-10H2,1H3,(H,16,17). The van der Waals surface area contributed by atoms with Crippen LogP contribution in [0.1, 0.15) is 30.1 Å². The van der Waals surface area contributed by atoms with E-state index < -0.39 is 0 Å². The molecule has 0 spiro atoms. The summed E-state index contributed by atoms with van der Waals surface area (Å²) in [5.41, 5.74) is 1.39. The zero-order chi connectivity index (χ0) is 13.1. The van der Waals surface area contributed by atoms with Crippen LogP contribution in [0, 0.1) is 0 Å². The predicted octanol–water partition coefficient (Wildman–Crippen LogP) is 3.70. The summed E-state index contributed by atoms with van der Waals surface area (Å²) in [6, 6.07) is 11.3. The Morgan fingerprint density at radius 2 is 2.11 bits per heavy atom. The van der Waals surface area contributed by atoms with Gasteiger partial charge in [0.2, 0.25) is 0 Å². The van der Waals surface area contributed by atoms with Gasteiger partial charge in [0.15, 0.2) is 5.17 Å². The summed E-state index contributed by atoms with van der Waals surface area (Å²) >= 11 is 3.89. The average molecular weight is 292 g/mol. The molecule has 1 N–H and O–H groups in total. The molecule has 0 amide bonds. The summed E-state index contributed by atoms with van der Waals surface area (Å²) in [7, 11) is 0. The van der Waals surface area contributed by atoms with Crippen LogP contribution in [-0.2, 0) is 0 Å². The molecule has 2 nitrogen and oxygen atoms in total. The van der Waals surface area contributed by atoms with Crippen molar-refractivity contribution in [2.24, 2.45) is 4.99 Å². The maximum atomic E-state index is 4.68. The third-order valence-electron chi connectivity index (χ3n) is 3.89. The largest absolute Gasteiger partial charge is 0.361 e. The van der Waals surface area contributed by atoms with E-state index in [1.165, 1.54) is 24.8 Å². The van der Waals surface area contributed by atoms with Crippen LogP contribution in [-0.4, -0.2) is 29.3 Å². The summed E-state index contributed by atoms with van der Waals surface area (Å²) < 4.78 is 0. The Hall–Kier alpha value is -0.610. The van der Waals surface area contributed by atoms with Gasteiger partial charge in [0.25, 0.3) is 0 Å². The highest BCUT2D eigenvalue weighted by Gasteiger charge is 2.29. The third kappa shape index (κ3) is 3.11. The number of thioether (sulfide) groups is 2. The Morgan fingerprint density at radius 3 is 2.89 bits per heavy atom. The van der Waals surface area contributed by atoms with Gasteiger partial charge in [-0.15, -0.1) is 0 Å². The average Bonchev–Trinajstić information content (AvgIpc) is 3.09. The molecule has 0 saturated heterocycles. The van der Waals surface area contributed by atoms with Crippen LogP contribution < -0.4 is 5.32 Å². The number of nitrogens with one attached hydrogen (secondary N) is 1. The summed E-state index contributed by atoms with van der Waals surface area (Å²) in [5, 5.41) is 6.08. The number of aliphatic imine (C=N–C) groups is 1. The van der Waals surface area contributed by atoms with E-state index in [4.69, 9.17) is 0 Å². The molecule has 0 aromatic heterocycles. The molecule has 3 unspecified atom stereocenters. The van der Waals surface area contributed by atoms with Gasteiger partial charge < -0.3 is 5.32 Å². The number of hydrogen-bond donors (Lipinski definition) is 1. The van der Waals surface area contributed by atoms with Gasteiger partial charge in [0, 0.05) is 11.3 Å². The first-order valence-electron chi connectivity index (χ1n) is 6.92. The quantitative estimate of drug-likeness (QED) is 0.919. The highest BCUT2D eigenvalue weighted by molar-refractivity contribution is 8.14. The Kier molecular flexibility index (Phi) is 4.38. The second-order valence-electron chi connectivity index (χ2n) is 5.12. The van der Waals surface area contributed by atoms with Crippen LogP contribution in [0.5, 0.6) is 0 Å². The Labute approximate surface area is 123 Å². The van der Waals surface area contributed by atoms with Gasteiger partial charge in [-0.05, 0) is 24.7 Å². The second-order valence-corrected chi connectivity index (χ2v) is 7.39. The van der Waals surface area contributed by atoms with E-state index in [-0.39, 0.29) is 0 Å². The van der Waals surface area contributed by atoms with Crippen molar-refractivity contribution in [2.45, 2.75) is 35.8 Å². The smallest absolute Gasteiger partial charge is 0.157 e. The lowest BCUT2D eigenvalue weighted by Crippen LogP contribution is -2.36. The van der Waals surface area contributed by atoms with Crippen molar-refractivity contribution in [2.75, 3.05) is 12.8 Å². The van der Waals surface area contributed by atoms with Gasteiger partial charge in [-0.1, -0.05) is 48.5 Å². The van der Waals surface area contributed by atoms with E-state index in [0.29, 0.717) is 11.3 Å². The number of benzene rings is 1. The molecular formula is C15H20N2S2. The van der Waals surface area contributed by atoms with Gasteiger partial charge >= 0.3 is 0 Å². The van der Waals surface area contributed by atoms with Crippen molar-refractivity contribution in [3.8, 4) is 0 Å². The first-order chi connectivity index (χ1) is 9.36. The molecule has 3 rings (SSSR count). The zero-order valence-corrected chi connectivity index (χ0v) is 12.8. The van der Waals surface area contributed by atoms with E-state index >= 15 is 0 Å². The van der Waals surface area contributed by atoms with Gasteiger partial charge in [-0.25, -0.2) is 0 Å². The molecule has 102 valence electrons. The van der Waals surface area contributed by atoms with Crippen molar-refractivity contribution < 1.29 is 0 Å². The Morgan fingerprint density at radius 1 is 1.26 bits per heavy atom. The first kappa shape index (κ1) is 13.4. The van der Waals surface area contributed by atoms with Crippen molar-refractivity contribution in [1.82, 2.24) is 5.32 Å². The van der Waals surface area contributed by atoms with Crippen LogP contribution in [0.4, 0.5) is 0 Å². The minimum Gasteiger partial charge on any atom is -0.361 e. The lowest BCUT2D eigenvalue weighted by atomic mass is 10.1. The zero-order valence-electron chi connectivity index (χ0n) is 11.2. The molecule has 3 atom stereocenters. The maximum Gasteiger partial charge on any atom is 0.157 e.